The van der Waals surface area contributed by atoms with Crippen LogP contribution in [0.15, 0.2) is 6.20 Å². The summed E-state index contributed by atoms with van der Waals surface area (Å²) >= 11 is 0. The van der Waals surface area contributed by atoms with E-state index in [1.54, 1.807) is 6.20 Å². The number of rotatable bonds is 2. The lowest BCUT2D eigenvalue weighted by atomic mass is 10.0. The van der Waals surface area contributed by atoms with Gasteiger partial charge in [0.2, 0.25) is 0 Å². The van der Waals surface area contributed by atoms with E-state index in [1.807, 2.05) is 0 Å². The molecule has 13 heavy (non-hydrogen) atoms. The molecule has 72 valence electrons. The Bertz CT molecular complexity index is 266. The molecular formula is C8H15N5. The van der Waals surface area contributed by atoms with Crippen LogP contribution in [0.5, 0.6) is 0 Å². The van der Waals surface area contributed by atoms with E-state index in [2.05, 4.69) is 27.2 Å². The second kappa shape index (κ2) is 3.08. The molecule has 0 aliphatic carbocycles. The summed E-state index contributed by atoms with van der Waals surface area (Å²) in [5, 5.41) is 10.4. The molecule has 2 rings (SSSR count). The standard InChI is InChI=1S/C8H15N5/c1-8(9)2-3-13(6-8)5-7-4-10-12-11-7/h4H,2-3,5-6,9H2,1H3,(H,10,11,12). The van der Waals surface area contributed by atoms with Gasteiger partial charge >= 0.3 is 0 Å². The average Bonchev–Trinajstić information content (AvgIpc) is 2.61. The van der Waals surface area contributed by atoms with Crippen LogP contribution in [0.4, 0.5) is 0 Å². The van der Waals surface area contributed by atoms with Crippen LogP contribution >= 0.6 is 0 Å². The van der Waals surface area contributed by atoms with Crippen LogP contribution in [0.3, 0.4) is 0 Å². The van der Waals surface area contributed by atoms with Gasteiger partial charge in [-0.05, 0) is 13.3 Å². The van der Waals surface area contributed by atoms with Crippen LogP contribution in [-0.4, -0.2) is 38.9 Å². The lowest BCUT2D eigenvalue weighted by Crippen LogP contribution is -2.38. The lowest BCUT2D eigenvalue weighted by molar-refractivity contribution is 0.306. The van der Waals surface area contributed by atoms with Gasteiger partial charge in [-0.3, -0.25) is 4.90 Å². The van der Waals surface area contributed by atoms with Crippen molar-refractivity contribution in [2.45, 2.75) is 25.4 Å². The molecule has 0 aromatic carbocycles. The van der Waals surface area contributed by atoms with Gasteiger partial charge in [0.05, 0.1) is 11.9 Å². The molecule has 0 saturated carbocycles. The Morgan fingerprint density at radius 3 is 3.15 bits per heavy atom. The van der Waals surface area contributed by atoms with Crippen LogP contribution in [-0.2, 0) is 6.54 Å². The Balaban J connectivity index is 1.91. The van der Waals surface area contributed by atoms with Crippen molar-refractivity contribution in [1.82, 2.24) is 20.3 Å². The molecule has 1 fully saturated rings. The van der Waals surface area contributed by atoms with Crippen molar-refractivity contribution in [3.8, 4) is 0 Å². The highest BCUT2D eigenvalue weighted by Gasteiger charge is 2.29. The molecule has 0 radical (unpaired) electrons. The fourth-order valence-electron chi connectivity index (χ4n) is 1.75. The minimum Gasteiger partial charge on any atom is -0.324 e. The molecule has 1 unspecified atom stereocenters. The van der Waals surface area contributed by atoms with Crippen molar-refractivity contribution >= 4 is 0 Å². The van der Waals surface area contributed by atoms with Gasteiger partial charge in [0.1, 0.15) is 0 Å². The maximum Gasteiger partial charge on any atom is 0.0964 e. The molecule has 1 atom stereocenters. The Morgan fingerprint density at radius 2 is 2.62 bits per heavy atom. The molecule has 5 heteroatoms. The molecule has 2 heterocycles. The Kier molecular flexibility index (Phi) is 2.05. The second-order valence-electron chi connectivity index (χ2n) is 4.08. The highest BCUT2D eigenvalue weighted by Crippen LogP contribution is 2.18. The molecule has 5 nitrogen and oxygen atoms in total. The predicted molar refractivity (Wildman–Crippen MR) is 48.9 cm³/mol. The van der Waals surface area contributed by atoms with E-state index in [0.29, 0.717) is 0 Å². The van der Waals surface area contributed by atoms with Gasteiger partial charge < -0.3 is 5.73 Å². The summed E-state index contributed by atoms with van der Waals surface area (Å²) in [7, 11) is 0. The number of H-pyrrole nitrogens is 1. The maximum atomic E-state index is 6.01. The number of nitrogens with two attached hydrogens (primary N) is 1. The zero-order chi connectivity index (χ0) is 9.31. The first-order chi connectivity index (χ1) is 6.16. The third-order valence-corrected chi connectivity index (χ3v) is 2.43. The minimum absolute atomic E-state index is 0.0241. The fraction of sp³-hybridized carbons (Fsp3) is 0.750. The summed E-state index contributed by atoms with van der Waals surface area (Å²) in [6, 6.07) is 0. The molecule has 3 N–H and O–H groups in total. The smallest absolute Gasteiger partial charge is 0.0964 e. The van der Waals surface area contributed by atoms with Gasteiger partial charge in [0, 0.05) is 25.2 Å². The van der Waals surface area contributed by atoms with E-state index in [9.17, 15) is 0 Å². The summed E-state index contributed by atoms with van der Waals surface area (Å²) in [5.41, 5.74) is 6.97. The average molecular weight is 181 g/mol. The highest BCUT2D eigenvalue weighted by molar-refractivity contribution is 4.96. The first-order valence-corrected chi connectivity index (χ1v) is 4.52. The molecule has 0 spiro atoms. The van der Waals surface area contributed by atoms with Gasteiger partial charge in [-0.2, -0.15) is 15.4 Å². The first-order valence-electron chi connectivity index (χ1n) is 4.52. The van der Waals surface area contributed by atoms with E-state index in [0.717, 1.165) is 31.7 Å². The van der Waals surface area contributed by atoms with Crippen molar-refractivity contribution in [3.63, 3.8) is 0 Å². The number of aromatic amines is 1. The van der Waals surface area contributed by atoms with Gasteiger partial charge in [-0.1, -0.05) is 0 Å². The van der Waals surface area contributed by atoms with Crippen LogP contribution in [0.1, 0.15) is 19.0 Å². The summed E-state index contributed by atoms with van der Waals surface area (Å²) in [5.74, 6) is 0. The van der Waals surface area contributed by atoms with Crippen molar-refractivity contribution in [3.05, 3.63) is 11.9 Å². The quantitative estimate of drug-likeness (QED) is 0.658. The Hall–Kier alpha value is -0.940. The second-order valence-corrected chi connectivity index (χ2v) is 4.08. The van der Waals surface area contributed by atoms with Gasteiger partial charge in [0.15, 0.2) is 0 Å². The van der Waals surface area contributed by atoms with Crippen molar-refractivity contribution in [2.75, 3.05) is 13.1 Å². The summed E-state index contributed by atoms with van der Waals surface area (Å²) in [6.45, 7) is 4.94. The molecule has 1 aromatic heterocycles. The van der Waals surface area contributed by atoms with Gasteiger partial charge in [-0.25, -0.2) is 0 Å². The monoisotopic (exact) mass is 181 g/mol. The van der Waals surface area contributed by atoms with E-state index < -0.39 is 0 Å². The molecular weight excluding hydrogens is 166 g/mol. The molecule has 1 aliphatic rings. The highest BCUT2D eigenvalue weighted by atomic mass is 15.3. The van der Waals surface area contributed by atoms with E-state index in [1.165, 1.54) is 0 Å². The zero-order valence-electron chi connectivity index (χ0n) is 7.82. The molecule has 1 aliphatic heterocycles. The number of hydrogen-bond acceptors (Lipinski definition) is 4. The summed E-state index contributed by atoms with van der Waals surface area (Å²) < 4.78 is 0. The van der Waals surface area contributed by atoms with Crippen molar-refractivity contribution < 1.29 is 0 Å². The number of hydrogen-bond donors (Lipinski definition) is 2. The molecule has 1 aromatic rings. The largest absolute Gasteiger partial charge is 0.324 e. The van der Waals surface area contributed by atoms with E-state index in [4.69, 9.17) is 5.73 Å². The Labute approximate surface area is 77.3 Å². The fourth-order valence-corrected chi connectivity index (χ4v) is 1.75. The van der Waals surface area contributed by atoms with E-state index >= 15 is 0 Å². The topological polar surface area (TPSA) is 70.8 Å². The molecule has 0 amide bonds. The number of aromatic nitrogens is 3. The molecule has 1 saturated heterocycles. The SMILES string of the molecule is CC1(N)CCN(Cc2cn[nH]n2)C1. The summed E-state index contributed by atoms with van der Waals surface area (Å²) in [6.07, 6.45) is 2.82. The third-order valence-electron chi connectivity index (χ3n) is 2.43. The summed E-state index contributed by atoms with van der Waals surface area (Å²) in [4.78, 5) is 2.30. The normalized spacial score (nSPS) is 29.7. The van der Waals surface area contributed by atoms with Crippen LogP contribution in [0, 0.1) is 0 Å². The van der Waals surface area contributed by atoms with Crippen molar-refractivity contribution in [1.29, 1.82) is 0 Å². The van der Waals surface area contributed by atoms with Crippen LogP contribution in [0.2, 0.25) is 0 Å². The van der Waals surface area contributed by atoms with Crippen molar-refractivity contribution in [2.24, 2.45) is 5.73 Å². The van der Waals surface area contributed by atoms with E-state index in [-0.39, 0.29) is 5.54 Å². The maximum absolute atomic E-state index is 6.01. The lowest BCUT2D eigenvalue weighted by Gasteiger charge is -2.18. The number of nitrogens with one attached hydrogen (secondary N) is 1. The number of nitrogens with zero attached hydrogens (tertiary/aromatic N) is 3. The van der Waals surface area contributed by atoms with Gasteiger partial charge in [-0.15, -0.1) is 0 Å². The predicted octanol–water partition coefficient (Wildman–Crippen LogP) is -0.272. The Morgan fingerprint density at radius 1 is 1.77 bits per heavy atom. The third kappa shape index (κ3) is 2.05. The molecule has 0 bridgehead atoms. The minimum atomic E-state index is -0.0241. The first kappa shape index (κ1) is 8.65. The van der Waals surface area contributed by atoms with Crippen LogP contribution in [0.25, 0.3) is 0 Å². The van der Waals surface area contributed by atoms with Crippen LogP contribution < -0.4 is 5.73 Å². The van der Waals surface area contributed by atoms with Gasteiger partial charge in [0.25, 0.3) is 0 Å². The zero-order valence-corrected chi connectivity index (χ0v) is 7.82. The number of likely N-dealkylation sites (tertiary alicyclic amines) is 1.